The molecule has 0 unspecified atom stereocenters. The first-order valence-electron chi connectivity index (χ1n) is 11.0. The summed E-state index contributed by atoms with van der Waals surface area (Å²) in [6.45, 7) is 8.59. The van der Waals surface area contributed by atoms with E-state index in [1.165, 1.54) is 11.8 Å². The van der Waals surface area contributed by atoms with Gasteiger partial charge in [0.05, 0.1) is 35.2 Å². The van der Waals surface area contributed by atoms with Gasteiger partial charge in [0.1, 0.15) is 0 Å². The van der Waals surface area contributed by atoms with Crippen LogP contribution in [0.25, 0.3) is 10.9 Å². The van der Waals surface area contributed by atoms with Crippen LogP contribution in [0.15, 0.2) is 45.5 Å². The first-order valence-corrected chi connectivity index (χ1v) is 12.0. The third-order valence-electron chi connectivity index (χ3n) is 5.01. The number of rotatable bonds is 10. The number of urea groups is 1. The molecule has 1 atom stereocenters. The molecule has 1 aromatic carbocycles. The smallest absolute Gasteiger partial charge is 0.337 e. The number of para-hydroxylation sites is 1. The molecule has 0 fully saturated rings. The topological polar surface area (TPSA) is 112 Å². The third-order valence-corrected chi connectivity index (χ3v) is 6.02. The van der Waals surface area contributed by atoms with Crippen molar-refractivity contribution in [3.8, 4) is 0 Å². The Balaban J connectivity index is 1.92. The minimum atomic E-state index is -0.492. The number of aromatic nitrogens is 2. The van der Waals surface area contributed by atoms with Gasteiger partial charge < -0.3 is 20.1 Å². The highest BCUT2D eigenvalue weighted by Crippen LogP contribution is 2.24. The van der Waals surface area contributed by atoms with Crippen molar-refractivity contribution in [1.82, 2.24) is 20.2 Å². The number of amides is 2. The number of hydrogen-bond donors (Lipinski definition) is 2. The molecule has 1 aliphatic heterocycles. The lowest BCUT2D eigenvalue weighted by atomic mass is 10.1. The first kappa shape index (κ1) is 24.8. The monoisotopic (exact) mass is 474 g/mol. The molecule has 3 rings (SSSR count). The molecule has 1 aromatic heterocycles. The van der Waals surface area contributed by atoms with Gasteiger partial charge in [0.25, 0.3) is 5.56 Å². The molecule has 2 amide bonds. The van der Waals surface area contributed by atoms with E-state index >= 15 is 0 Å². The number of ether oxygens (including phenoxy) is 2. The van der Waals surface area contributed by atoms with Crippen molar-refractivity contribution in [3.63, 3.8) is 0 Å². The average Bonchev–Trinajstić information content (AvgIpc) is 2.76. The molecule has 0 saturated carbocycles. The molecule has 0 aliphatic carbocycles. The van der Waals surface area contributed by atoms with E-state index in [1.807, 2.05) is 26.0 Å². The fourth-order valence-electron chi connectivity index (χ4n) is 3.53. The molecular weight excluding hydrogens is 444 g/mol. The fourth-order valence-corrected chi connectivity index (χ4v) is 4.52. The van der Waals surface area contributed by atoms with Crippen molar-refractivity contribution < 1.29 is 19.1 Å². The predicted octanol–water partition coefficient (Wildman–Crippen LogP) is 2.82. The summed E-state index contributed by atoms with van der Waals surface area (Å²) in [4.78, 5) is 42.4. The number of nitrogens with zero attached hydrogens (tertiary/aromatic N) is 2. The maximum Gasteiger partial charge on any atom is 0.337 e. The number of benzene rings is 1. The second kappa shape index (κ2) is 11.3. The van der Waals surface area contributed by atoms with Crippen molar-refractivity contribution in [1.29, 1.82) is 0 Å². The van der Waals surface area contributed by atoms with E-state index in [4.69, 9.17) is 14.5 Å². The highest BCUT2D eigenvalue weighted by Gasteiger charge is 2.30. The molecule has 9 nitrogen and oxygen atoms in total. The number of carbonyl (C=O) groups excluding carboxylic acids is 2. The largest absolute Gasteiger partial charge is 0.463 e. The molecule has 1 aliphatic rings. The average molecular weight is 475 g/mol. The highest BCUT2D eigenvalue weighted by molar-refractivity contribution is 7.99. The third kappa shape index (κ3) is 6.14. The van der Waals surface area contributed by atoms with Gasteiger partial charge in [-0.25, -0.2) is 14.6 Å². The molecule has 33 heavy (non-hydrogen) atoms. The van der Waals surface area contributed by atoms with Crippen molar-refractivity contribution in [2.24, 2.45) is 0 Å². The molecule has 0 spiro atoms. The normalized spacial score (nSPS) is 16.2. The van der Waals surface area contributed by atoms with Gasteiger partial charge in [-0.2, -0.15) is 0 Å². The maximum atomic E-state index is 13.2. The summed E-state index contributed by atoms with van der Waals surface area (Å²) in [7, 11) is 0. The Hall–Kier alpha value is -2.85. The minimum absolute atomic E-state index is 0.115. The Kier molecular flexibility index (Phi) is 8.51. The Morgan fingerprint density at radius 2 is 2.03 bits per heavy atom. The van der Waals surface area contributed by atoms with Gasteiger partial charge in [-0.1, -0.05) is 23.9 Å². The van der Waals surface area contributed by atoms with Crippen LogP contribution >= 0.6 is 11.8 Å². The van der Waals surface area contributed by atoms with Crippen LogP contribution in [-0.4, -0.2) is 52.7 Å². The SMILES string of the molecule is CCOC(=O)C1=C(CSc2nc3ccccc3c(=O)n2CCCOC(C)C)NC(=O)N[C@@H]1C. The van der Waals surface area contributed by atoms with Gasteiger partial charge in [0.15, 0.2) is 5.16 Å². The molecule has 2 N–H and O–H groups in total. The van der Waals surface area contributed by atoms with Gasteiger partial charge >= 0.3 is 12.0 Å². The number of carbonyl (C=O) groups is 2. The molecule has 0 saturated heterocycles. The van der Waals surface area contributed by atoms with E-state index in [0.717, 1.165) is 0 Å². The molecule has 0 radical (unpaired) electrons. The van der Waals surface area contributed by atoms with Crippen LogP contribution in [0.5, 0.6) is 0 Å². The summed E-state index contributed by atoms with van der Waals surface area (Å²) in [5.41, 5.74) is 1.28. The summed E-state index contributed by atoms with van der Waals surface area (Å²) in [6, 6.07) is 6.32. The van der Waals surface area contributed by atoms with Crippen molar-refractivity contribution >= 4 is 34.7 Å². The second-order valence-electron chi connectivity index (χ2n) is 7.86. The van der Waals surface area contributed by atoms with Crippen molar-refractivity contribution in [3.05, 3.63) is 45.9 Å². The van der Waals surface area contributed by atoms with Crippen LogP contribution in [0.2, 0.25) is 0 Å². The van der Waals surface area contributed by atoms with E-state index in [1.54, 1.807) is 30.5 Å². The molecule has 2 heterocycles. The van der Waals surface area contributed by atoms with Crippen LogP contribution in [0.4, 0.5) is 4.79 Å². The van der Waals surface area contributed by atoms with Gasteiger partial charge in [0, 0.05) is 24.6 Å². The lowest BCUT2D eigenvalue weighted by Gasteiger charge is -2.26. The van der Waals surface area contributed by atoms with Crippen LogP contribution in [0, 0.1) is 0 Å². The van der Waals surface area contributed by atoms with Crippen LogP contribution in [0.3, 0.4) is 0 Å². The van der Waals surface area contributed by atoms with E-state index in [2.05, 4.69) is 10.6 Å². The van der Waals surface area contributed by atoms with Gasteiger partial charge in [0.2, 0.25) is 0 Å². The van der Waals surface area contributed by atoms with Crippen LogP contribution in [0.1, 0.15) is 34.1 Å². The zero-order valence-electron chi connectivity index (χ0n) is 19.3. The van der Waals surface area contributed by atoms with E-state index in [0.29, 0.717) is 46.9 Å². The lowest BCUT2D eigenvalue weighted by Crippen LogP contribution is -2.49. The summed E-state index contributed by atoms with van der Waals surface area (Å²) < 4.78 is 12.4. The van der Waals surface area contributed by atoms with Gasteiger partial charge in [-0.3, -0.25) is 9.36 Å². The van der Waals surface area contributed by atoms with Crippen LogP contribution in [-0.2, 0) is 20.8 Å². The molecule has 0 bridgehead atoms. The Morgan fingerprint density at radius 3 is 2.76 bits per heavy atom. The zero-order valence-corrected chi connectivity index (χ0v) is 20.2. The zero-order chi connectivity index (χ0) is 24.0. The number of thioether (sulfide) groups is 1. The molecule has 2 aromatic rings. The molecule has 10 heteroatoms. The second-order valence-corrected chi connectivity index (χ2v) is 8.81. The van der Waals surface area contributed by atoms with Gasteiger partial charge in [-0.15, -0.1) is 0 Å². The summed E-state index contributed by atoms with van der Waals surface area (Å²) in [5, 5.41) is 6.45. The van der Waals surface area contributed by atoms with E-state index in [-0.39, 0.29) is 30.1 Å². The lowest BCUT2D eigenvalue weighted by molar-refractivity contribution is -0.138. The minimum Gasteiger partial charge on any atom is -0.463 e. The molecule has 178 valence electrons. The predicted molar refractivity (Wildman–Crippen MR) is 127 cm³/mol. The number of fused-ring (bicyclic) bond motifs is 1. The summed E-state index contributed by atoms with van der Waals surface area (Å²) >= 11 is 1.29. The van der Waals surface area contributed by atoms with E-state index < -0.39 is 12.0 Å². The standard InChI is InChI=1S/C23H30N4O5S/c1-5-31-21(29)19-15(4)24-22(30)25-18(19)13-33-23-26-17-10-7-6-9-16(17)20(28)27(23)11-8-12-32-14(2)3/h6-7,9-10,14-15H,5,8,11-13H2,1-4H3,(H2,24,25,30)/t15-/m1/s1. The number of esters is 1. The van der Waals surface area contributed by atoms with Crippen LogP contribution < -0.4 is 16.2 Å². The Bertz CT molecular complexity index is 1110. The Morgan fingerprint density at radius 1 is 1.27 bits per heavy atom. The highest BCUT2D eigenvalue weighted by atomic mass is 32.2. The van der Waals surface area contributed by atoms with Crippen molar-refractivity contribution in [2.75, 3.05) is 19.0 Å². The van der Waals surface area contributed by atoms with E-state index in [9.17, 15) is 14.4 Å². The maximum absolute atomic E-state index is 13.2. The quantitative estimate of drug-likeness (QED) is 0.236. The summed E-state index contributed by atoms with van der Waals surface area (Å²) in [5.74, 6) is -0.234. The number of hydrogen-bond acceptors (Lipinski definition) is 7. The van der Waals surface area contributed by atoms with Crippen molar-refractivity contribution in [2.45, 2.75) is 58.0 Å². The Labute approximate surface area is 196 Å². The molecular formula is C23H30N4O5S. The summed E-state index contributed by atoms with van der Waals surface area (Å²) in [6.07, 6.45) is 0.768. The van der Waals surface area contributed by atoms with Gasteiger partial charge in [-0.05, 0) is 46.2 Å². The first-order chi connectivity index (χ1) is 15.8. The fraction of sp³-hybridized carbons (Fsp3) is 0.478. The number of nitrogens with one attached hydrogen (secondary N) is 2.